The lowest BCUT2D eigenvalue weighted by molar-refractivity contribution is 0.0924. The van der Waals surface area contributed by atoms with Crippen molar-refractivity contribution in [2.24, 2.45) is 59.2 Å². The van der Waals surface area contributed by atoms with Crippen molar-refractivity contribution in [3.05, 3.63) is 270 Å². The largest absolute Gasteiger partial charge is 0.508 e. The molecular formula is C107H120FN7O18. The molecule has 8 aromatic carbocycles. The third kappa shape index (κ3) is 25.3. The highest BCUT2D eigenvalue weighted by Crippen LogP contribution is 2.46. The summed E-state index contributed by atoms with van der Waals surface area (Å²) in [5.41, 5.74) is 3.63. The van der Waals surface area contributed by atoms with Crippen LogP contribution in [0.1, 0.15) is 122 Å². The van der Waals surface area contributed by atoms with Gasteiger partial charge >= 0.3 is 0 Å². The van der Waals surface area contributed by atoms with E-state index in [4.69, 9.17) is 37.9 Å². The molecule has 10 fully saturated rings. The second-order valence-corrected chi connectivity index (χ2v) is 37.4. The van der Waals surface area contributed by atoms with Gasteiger partial charge in [-0.15, -0.1) is 0 Å². The fourth-order valence-electron chi connectivity index (χ4n) is 21.5. The molecule has 10 aromatic rings. The summed E-state index contributed by atoms with van der Waals surface area (Å²) in [4.78, 5) is 81.5. The Morgan fingerprint density at radius 2 is 0.586 bits per heavy atom. The summed E-state index contributed by atoms with van der Waals surface area (Å²) in [6, 6.07) is 63.4. The Morgan fingerprint density at radius 1 is 0.308 bits per heavy atom. The maximum Gasteiger partial charge on any atom is 0.195 e. The number of benzene rings is 8. The summed E-state index contributed by atoms with van der Waals surface area (Å²) < 4.78 is 59.6. The number of nitrogens with zero attached hydrogens (tertiary/aromatic N) is 7. The SMILES string of the molecule is COc1ccc(OC2C[C@@H]3CN(CC(=O)c4ccc(O)c(F)c4)C[C@@H]3C2)cc1.COc1ccc(OC2C[C@@H]3CN(CC(=O)c4ccc(O)cc4)C[C@@H]3C2)cc1.COc1ccc(OC2C[C@@H]3CN(CC(=O)c4ccc(O)cn4)C[C@@H]3C2)cc1.Cc1ncccc1OC1C[C@@H]2CN(CC(=O)c3ccc(O)cc3)C[C@@H]2C1.O=C(CN1C[C@H]2CC(Oc3ccccc3)C[C@H]2C1)c1ccc(O)cc1. The van der Waals surface area contributed by atoms with Crippen LogP contribution in [0, 0.1) is 71.9 Å². The van der Waals surface area contributed by atoms with Gasteiger partial charge in [0.25, 0.3) is 0 Å². The molecule has 0 amide bonds. The van der Waals surface area contributed by atoms with E-state index in [2.05, 4.69) is 34.5 Å². The molecule has 5 aliphatic heterocycles. The molecule has 0 radical (unpaired) electrons. The molecule has 5 saturated carbocycles. The van der Waals surface area contributed by atoms with E-state index in [9.17, 15) is 53.9 Å². The van der Waals surface area contributed by atoms with Crippen LogP contribution in [0.25, 0.3) is 0 Å². The zero-order chi connectivity index (χ0) is 92.6. The molecule has 5 N–H and O–H groups in total. The molecular weight excluding hydrogens is 1690 g/mol. The Balaban J connectivity index is 0.000000121. The van der Waals surface area contributed by atoms with Crippen LogP contribution in [0.15, 0.2) is 231 Å². The van der Waals surface area contributed by atoms with Crippen molar-refractivity contribution in [3.63, 3.8) is 0 Å². The number of phenolic OH excluding ortho intramolecular Hbond substituents is 4. The zero-order valence-corrected chi connectivity index (χ0v) is 75.8. The third-order valence-electron chi connectivity index (χ3n) is 28.0. The quantitative estimate of drug-likeness (QED) is 0.0285. The van der Waals surface area contributed by atoms with Crippen LogP contribution >= 0.6 is 0 Å². The Hall–Kier alpha value is -12.5. The van der Waals surface area contributed by atoms with Crippen LogP contribution in [-0.4, -0.2) is 239 Å². The van der Waals surface area contributed by atoms with E-state index >= 15 is 0 Å². The van der Waals surface area contributed by atoms with Gasteiger partial charge in [-0.25, -0.2) is 9.37 Å². The maximum atomic E-state index is 13.5. The molecule has 26 heteroatoms. The van der Waals surface area contributed by atoms with Crippen molar-refractivity contribution in [2.75, 3.05) is 120 Å². The number of aryl methyl sites for hydroxylation is 1. The van der Waals surface area contributed by atoms with E-state index in [-0.39, 0.29) is 82.9 Å². The lowest BCUT2D eigenvalue weighted by atomic mass is 10.0. The van der Waals surface area contributed by atoms with Crippen molar-refractivity contribution >= 4 is 28.9 Å². The topological polar surface area (TPSA) is 302 Å². The van der Waals surface area contributed by atoms with E-state index in [1.807, 2.05) is 122 Å². The van der Waals surface area contributed by atoms with Crippen molar-refractivity contribution in [2.45, 2.75) is 102 Å². The number of pyridine rings is 2. The minimum atomic E-state index is -0.761. The van der Waals surface area contributed by atoms with Crippen LogP contribution < -0.4 is 37.9 Å². The Morgan fingerprint density at radius 3 is 0.880 bits per heavy atom. The predicted molar refractivity (Wildman–Crippen MR) is 500 cm³/mol. The van der Waals surface area contributed by atoms with Crippen molar-refractivity contribution in [3.8, 4) is 74.7 Å². The van der Waals surface area contributed by atoms with Gasteiger partial charge in [-0.1, -0.05) is 18.2 Å². The molecule has 20 rings (SSSR count). The molecule has 5 aliphatic carbocycles. The summed E-state index contributed by atoms with van der Waals surface area (Å²) >= 11 is 0. The summed E-state index contributed by atoms with van der Waals surface area (Å²) in [7, 11) is 4.96. The van der Waals surface area contributed by atoms with Gasteiger partial charge < -0.3 is 63.4 Å². The number of carbonyl (C=O) groups is 5. The van der Waals surface area contributed by atoms with Crippen LogP contribution in [0.3, 0.4) is 0 Å². The molecule has 5 saturated heterocycles. The number of Topliss-reactive ketones (excluding diaryl/α,β-unsaturated/α-hetero) is 5. The number of carbonyl (C=O) groups excluding carboxylic acids is 5. The lowest BCUT2D eigenvalue weighted by Gasteiger charge is -2.19. The van der Waals surface area contributed by atoms with E-state index < -0.39 is 11.6 Å². The number of aromatic nitrogens is 2. The van der Waals surface area contributed by atoms with Crippen molar-refractivity contribution < 1.29 is 91.8 Å². The van der Waals surface area contributed by atoms with Gasteiger partial charge in [-0.3, -0.25) is 53.5 Å². The smallest absolute Gasteiger partial charge is 0.195 e. The molecule has 0 bridgehead atoms. The number of hydrogen-bond donors (Lipinski definition) is 5. The number of rotatable bonds is 28. The van der Waals surface area contributed by atoms with Gasteiger partial charge in [0.15, 0.2) is 40.5 Å². The second kappa shape index (κ2) is 43.9. The average molecular weight is 1810 g/mol. The molecule has 10 aliphatic rings. The number of likely N-dealkylation sites (tertiary alicyclic amines) is 5. The highest BCUT2D eigenvalue weighted by molar-refractivity contribution is 5.99. The molecule has 698 valence electrons. The van der Waals surface area contributed by atoms with Crippen molar-refractivity contribution in [1.29, 1.82) is 0 Å². The minimum Gasteiger partial charge on any atom is -0.508 e. The Labute approximate surface area is 776 Å². The number of phenols is 4. The van der Waals surface area contributed by atoms with Gasteiger partial charge in [0.2, 0.25) is 0 Å². The normalized spacial score (nSPS) is 24.8. The molecule has 7 heterocycles. The van der Waals surface area contributed by atoms with Gasteiger partial charge in [0.1, 0.15) is 74.7 Å². The summed E-state index contributed by atoms with van der Waals surface area (Å²) in [5.74, 6) is 12.5. The number of fused-ring (bicyclic) bond motifs is 5. The monoisotopic (exact) mass is 1810 g/mol. The van der Waals surface area contributed by atoms with Gasteiger partial charge in [0.05, 0.1) is 96.5 Å². The fourth-order valence-corrected chi connectivity index (χ4v) is 21.5. The fraction of sp³-hybridized carbons (Fsp3) is 0.411. The molecule has 25 nitrogen and oxygen atoms in total. The lowest BCUT2D eigenvalue weighted by Crippen LogP contribution is -2.30. The number of hydrogen-bond acceptors (Lipinski definition) is 25. The first-order chi connectivity index (χ1) is 64.5. The molecule has 5 unspecified atom stereocenters. The average Bonchev–Trinajstić information content (AvgIpc) is 1.68. The first kappa shape index (κ1) is 93.8. The van der Waals surface area contributed by atoms with Crippen LogP contribution in [0.4, 0.5) is 4.39 Å². The van der Waals surface area contributed by atoms with Crippen LogP contribution in [0.5, 0.6) is 74.7 Å². The summed E-state index contributed by atoms with van der Waals surface area (Å²) in [6.07, 6.45) is 14.7. The number of halogens is 1. The van der Waals surface area contributed by atoms with E-state index in [0.29, 0.717) is 119 Å². The number of ketones is 5. The first-order valence-corrected chi connectivity index (χ1v) is 46.5. The third-order valence-corrected chi connectivity index (χ3v) is 28.0. The zero-order valence-electron chi connectivity index (χ0n) is 75.8. The second-order valence-electron chi connectivity index (χ2n) is 37.4. The molecule has 2 aromatic heterocycles. The first-order valence-electron chi connectivity index (χ1n) is 46.5. The van der Waals surface area contributed by atoms with Gasteiger partial charge in [0, 0.05) is 93.9 Å². The van der Waals surface area contributed by atoms with E-state index in [1.165, 1.54) is 24.4 Å². The number of aromatic hydroxyl groups is 5. The van der Waals surface area contributed by atoms with Crippen LogP contribution in [0.2, 0.25) is 0 Å². The number of para-hydroxylation sites is 1. The highest BCUT2D eigenvalue weighted by Gasteiger charge is 2.47. The summed E-state index contributed by atoms with van der Waals surface area (Å²) in [5, 5.41) is 46.6. The number of ether oxygens (including phenoxy) is 8. The van der Waals surface area contributed by atoms with Crippen LogP contribution in [-0.2, 0) is 0 Å². The van der Waals surface area contributed by atoms with Crippen molar-refractivity contribution in [1.82, 2.24) is 34.5 Å². The van der Waals surface area contributed by atoms with Gasteiger partial charge in [-0.2, -0.15) is 0 Å². The Kier molecular flexibility index (Phi) is 31.0. The maximum absolute atomic E-state index is 13.5. The van der Waals surface area contributed by atoms with Gasteiger partial charge in [-0.05, 0) is 331 Å². The minimum absolute atomic E-state index is 0.000932. The standard InChI is InChI=1S/C22H24FNO4.C22H25NO4.C21H24N2O4.C21H24N2O3.C21H23NO3/c1-27-17-3-5-18(6-4-17)28-19-8-15-11-24(12-16(15)9-19)13-22(26)14-2-7-21(25)20(23)10-14;1-26-19-6-8-20(9-7-19)27-21-10-16-12-23(13-17(16)11-21)14-22(25)15-2-4-18(24)5-3-15;1-26-17-3-5-18(6-4-17)27-19-8-14-11-23(12-15(14)9-19)13-21(25)20-7-2-16(24)10-22-20;1-14-21(3-2-8-22-14)26-19-9-16-11-23(12-17(16)10-19)13-20(25)15-4-6-18(24)7-5-15;23-18-8-6-15(7-9-18)21(24)14-22-12-16-10-20(11-17(16)13-22)25-19-4-2-1-3-5-19/h2-7,10,15-16,19,25H,8-9,11-13H2,1H3;2-9,16-17,21,24H,10-14H2,1H3;2-7,10,14-15,19,24H,8-9,11-13H2,1H3;2-8,16-17,19,24H,9-13H2,1H3;1-9,16-17,20,23H,10-14H2/t15-,16+,19?;16-,17+,21?;14-,15+,19?;16-,17+,19?;16-,17+,20?. The number of methoxy groups -OCH3 is 3. The molecule has 133 heavy (non-hydrogen) atoms. The predicted octanol–water partition coefficient (Wildman–Crippen LogP) is 16.1. The molecule has 0 spiro atoms. The van der Waals surface area contributed by atoms with E-state index in [0.717, 1.165) is 187 Å². The Bertz CT molecular complexity index is 5330. The summed E-state index contributed by atoms with van der Waals surface area (Å²) in [6.45, 7) is 13.3. The van der Waals surface area contributed by atoms with E-state index in [1.54, 1.807) is 106 Å². The highest BCUT2D eigenvalue weighted by atomic mass is 19.1. The molecule has 15 atom stereocenters.